The number of benzene rings is 1. The summed E-state index contributed by atoms with van der Waals surface area (Å²) in [5, 5.41) is 3.30. The molecule has 0 saturated carbocycles. The zero-order valence-corrected chi connectivity index (χ0v) is 10.9. The molecule has 17 heavy (non-hydrogen) atoms. The van der Waals surface area contributed by atoms with Crippen LogP contribution in [0.15, 0.2) is 24.3 Å². The second kappa shape index (κ2) is 7.41. The summed E-state index contributed by atoms with van der Waals surface area (Å²) < 4.78 is 18.2. The molecule has 96 valence electrons. The smallest absolute Gasteiger partial charge is 0.123 e. The van der Waals surface area contributed by atoms with Gasteiger partial charge in [-0.2, -0.15) is 0 Å². The highest BCUT2D eigenvalue weighted by atomic mass is 19.1. The van der Waals surface area contributed by atoms with Gasteiger partial charge in [0.25, 0.3) is 0 Å². The van der Waals surface area contributed by atoms with Gasteiger partial charge in [0.1, 0.15) is 5.82 Å². The van der Waals surface area contributed by atoms with E-state index < -0.39 is 0 Å². The van der Waals surface area contributed by atoms with Crippen LogP contribution in [0.3, 0.4) is 0 Å². The standard InChI is InChI=1S/C14H22FNO/c1-11(7-8-17-3)14(16-2)10-12-5-4-6-13(15)9-12/h4-6,9,11,14,16H,7-8,10H2,1-3H3. The van der Waals surface area contributed by atoms with Gasteiger partial charge in [-0.15, -0.1) is 0 Å². The van der Waals surface area contributed by atoms with Gasteiger partial charge in [-0.1, -0.05) is 19.1 Å². The van der Waals surface area contributed by atoms with Gasteiger partial charge in [0, 0.05) is 19.8 Å². The molecular formula is C14H22FNO. The van der Waals surface area contributed by atoms with Gasteiger partial charge in [0.2, 0.25) is 0 Å². The third-order valence-corrected chi connectivity index (χ3v) is 3.18. The molecule has 0 radical (unpaired) electrons. The van der Waals surface area contributed by atoms with Crippen LogP contribution < -0.4 is 5.32 Å². The SMILES string of the molecule is CNC(Cc1cccc(F)c1)C(C)CCOC. The summed E-state index contributed by atoms with van der Waals surface area (Å²) in [6.45, 7) is 2.96. The van der Waals surface area contributed by atoms with E-state index in [0.29, 0.717) is 12.0 Å². The van der Waals surface area contributed by atoms with Gasteiger partial charge in [-0.25, -0.2) is 4.39 Å². The summed E-state index contributed by atoms with van der Waals surface area (Å²) in [5.74, 6) is 0.338. The van der Waals surface area contributed by atoms with Crippen molar-refractivity contribution in [2.24, 2.45) is 5.92 Å². The second-order valence-corrected chi connectivity index (χ2v) is 4.49. The quantitative estimate of drug-likeness (QED) is 0.789. The second-order valence-electron chi connectivity index (χ2n) is 4.49. The van der Waals surface area contributed by atoms with Gasteiger partial charge >= 0.3 is 0 Å². The largest absolute Gasteiger partial charge is 0.385 e. The zero-order chi connectivity index (χ0) is 12.7. The summed E-state index contributed by atoms with van der Waals surface area (Å²) >= 11 is 0. The Hall–Kier alpha value is -0.930. The number of ether oxygens (including phenoxy) is 1. The fraction of sp³-hybridized carbons (Fsp3) is 0.571. The highest BCUT2D eigenvalue weighted by Gasteiger charge is 2.15. The molecule has 0 aliphatic rings. The van der Waals surface area contributed by atoms with Crippen molar-refractivity contribution < 1.29 is 9.13 Å². The average molecular weight is 239 g/mol. The zero-order valence-electron chi connectivity index (χ0n) is 10.9. The van der Waals surface area contributed by atoms with E-state index >= 15 is 0 Å². The van der Waals surface area contributed by atoms with E-state index in [1.165, 1.54) is 6.07 Å². The molecule has 0 aliphatic carbocycles. The van der Waals surface area contributed by atoms with Crippen LogP contribution in [0.2, 0.25) is 0 Å². The highest BCUT2D eigenvalue weighted by Crippen LogP contribution is 2.14. The Morgan fingerprint density at radius 1 is 1.41 bits per heavy atom. The van der Waals surface area contributed by atoms with Crippen LogP contribution in [0.25, 0.3) is 0 Å². The molecule has 0 fully saturated rings. The Balaban J connectivity index is 2.56. The number of likely N-dealkylation sites (N-methyl/N-ethyl adjacent to an activating group) is 1. The van der Waals surface area contributed by atoms with Crippen LogP contribution in [0.1, 0.15) is 18.9 Å². The van der Waals surface area contributed by atoms with E-state index in [0.717, 1.165) is 25.0 Å². The maximum Gasteiger partial charge on any atom is 0.123 e. The minimum Gasteiger partial charge on any atom is -0.385 e. The van der Waals surface area contributed by atoms with Crippen molar-refractivity contribution in [3.8, 4) is 0 Å². The lowest BCUT2D eigenvalue weighted by molar-refractivity contribution is 0.171. The molecule has 0 heterocycles. The molecule has 2 nitrogen and oxygen atoms in total. The molecule has 0 spiro atoms. The molecule has 1 rings (SSSR count). The Bertz CT molecular complexity index is 330. The fourth-order valence-corrected chi connectivity index (χ4v) is 2.01. The van der Waals surface area contributed by atoms with Crippen molar-refractivity contribution in [1.29, 1.82) is 0 Å². The van der Waals surface area contributed by atoms with Gasteiger partial charge in [-0.3, -0.25) is 0 Å². The molecule has 0 aliphatic heterocycles. The summed E-state index contributed by atoms with van der Waals surface area (Å²) in [4.78, 5) is 0. The van der Waals surface area contributed by atoms with Crippen LogP contribution in [0.4, 0.5) is 4.39 Å². The summed E-state index contributed by atoms with van der Waals surface area (Å²) in [5.41, 5.74) is 1.04. The van der Waals surface area contributed by atoms with Gasteiger partial charge in [0.05, 0.1) is 0 Å². The lowest BCUT2D eigenvalue weighted by atomic mass is 9.93. The van der Waals surface area contributed by atoms with Gasteiger partial charge in [-0.05, 0) is 43.5 Å². The molecule has 1 aromatic carbocycles. The Morgan fingerprint density at radius 3 is 2.76 bits per heavy atom. The number of nitrogens with one attached hydrogen (secondary N) is 1. The van der Waals surface area contributed by atoms with Crippen LogP contribution in [0, 0.1) is 11.7 Å². The molecule has 0 saturated heterocycles. The highest BCUT2D eigenvalue weighted by molar-refractivity contribution is 5.17. The number of methoxy groups -OCH3 is 1. The topological polar surface area (TPSA) is 21.3 Å². The van der Waals surface area contributed by atoms with Gasteiger partial charge < -0.3 is 10.1 Å². The Kier molecular flexibility index (Phi) is 6.16. The van der Waals surface area contributed by atoms with E-state index in [1.807, 2.05) is 13.1 Å². The van der Waals surface area contributed by atoms with Crippen molar-refractivity contribution >= 4 is 0 Å². The lowest BCUT2D eigenvalue weighted by Crippen LogP contribution is -2.34. The van der Waals surface area contributed by atoms with E-state index in [9.17, 15) is 4.39 Å². The Labute approximate surface area is 103 Å². The minimum atomic E-state index is -0.165. The molecule has 0 amide bonds. The van der Waals surface area contributed by atoms with Crippen molar-refractivity contribution in [1.82, 2.24) is 5.32 Å². The minimum absolute atomic E-state index is 0.165. The predicted molar refractivity (Wildman–Crippen MR) is 68.6 cm³/mol. The molecule has 2 unspecified atom stereocenters. The molecule has 1 aromatic rings. The van der Waals surface area contributed by atoms with E-state index in [-0.39, 0.29) is 5.82 Å². The van der Waals surface area contributed by atoms with E-state index in [1.54, 1.807) is 19.2 Å². The van der Waals surface area contributed by atoms with Gasteiger partial charge in [0.15, 0.2) is 0 Å². The third-order valence-electron chi connectivity index (χ3n) is 3.18. The first-order valence-electron chi connectivity index (χ1n) is 6.08. The monoisotopic (exact) mass is 239 g/mol. The molecule has 1 N–H and O–H groups in total. The number of hydrogen-bond donors (Lipinski definition) is 1. The van der Waals surface area contributed by atoms with Crippen molar-refractivity contribution in [2.45, 2.75) is 25.8 Å². The van der Waals surface area contributed by atoms with Crippen molar-refractivity contribution in [2.75, 3.05) is 20.8 Å². The van der Waals surface area contributed by atoms with Crippen LogP contribution in [0.5, 0.6) is 0 Å². The van der Waals surface area contributed by atoms with E-state index in [2.05, 4.69) is 12.2 Å². The third kappa shape index (κ3) is 4.84. The molecule has 0 aromatic heterocycles. The summed E-state index contributed by atoms with van der Waals surface area (Å²) in [7, 11) is 3.67. The average Bonchev–Trinajstić information content (AvgIpc) is 2.33. The predicted octanol–water partition coefficient (Wildman–Crippen LogP) is 2.63. The van der Waals surface area contributed by atoms with E-state index in [4.69, 9.17) is 4.74 Å². The van der Waals surface area contributed by atoms with Crippen molar-refractivity contribution in [3.63, 3.8) is 0 Å². The van der Waals surface area contributed by atoms with Crippen LogP contribution >= 0.6 is 0 Å². The van der Waals surface area contributed by atoms with Crippen LogP contribution in [-0.2, 0) is 11.2 Å². The number of halogens is 1. The number of hydrogen-bond acceptors (Lipinski definition) is 2. The molecule has 2 atom stereocenters. The first-order valence-corrected chi connectivity index (χ1v) is 6.08. The lowest BCUT2D eigenvalue weighted by Gasteiger charge is -2.23. The Morgan fingerprint density at radius 2 is 2.18 bits per heavy atom. The molecular weight excluding hydrogens is 217 g/mol. The first kappa shape index (κ1) is 14.1. The maximum atomic E-state index is 13.1. The maximum absolute atomic E-state index is 13.1. The van der Waals surface area contributed by atoms with Crippen LogP contribution in [-0.4, -0.2) is 26.8 Å². The molecule has 3 heteroatoms. The fourth-order valence-electron chi connectivity index (χ4n) is 2.01. The van der Waals surface area contributed by atoms with Crippen molar-refractivity contribution in [3.05, 3.63) is 35.6 Å². The first-order chi connectivity index (χ1) is 8.17. The number of rotatable bonds is 7. The molecule has 0 bridgehead atoms. The summed E-state index contributed by atoms with van der Waals surface area (Å²) in [6.07, 6.45) is 1.86. The normalized spacial score (nSPS) is 14.6. The summed E-state index contributed by atoms with van der Waals surface area (Å²) in [6, 6.07) is 7.17.